The highest BCUT2D eigenvalue weighted by molar-refractivity contribution is 7.93. The lowest BCUT2D eigenvalue weighted by Crippen LogP contribution is -2.55. The maximum atomic E-state index is 5.25. The summed E-state index contributed by atoms with van der Waals surface area (Å²) in [6.07, 6.45) is -1.46. The molecule has 0 nitrogen and oxygen atoms in total. The Bertz CT molecular complexity index is 54.4. The minimum absolute atomic E-state index is 0.315. The van der Waals surface area contributed by atoms with Crippen LogP contribution in [0.1, 0.15) is 0 Å². The molecule has 0 saturated heterocycles. The minimum Gasteiger partial charge on any atom is -0.690 e. The van der Waals surface area contributed by atoms with Crippen LogP contribution in [0, 0.1) is 0 Å². The molecule has 0 fully saturated rings. The van der Waals surface area contributed by atoms with Crippen LogP contribution in [-0.2, 0) is 0 Å². The van der Waals surface area contributed by atoms with Gasteiger partial charge in [-0.15, -0.1) is 0 Å². The van der Waals surface area contributed by atoms with Gasteiger partial charge in [0.1, 0.15) is 0 Å². The van der Waals surface area contributed by atoms with Crippen molar-refractivity contribution in [2.24, 2.45) is 0 Å². The molecule has 0 N–H and O–H groups in total. The lowest BCUT2D eigenvalue weighted by atomic mass is 8.64. The number of rotatable bonds is 3. The van der Waals surface area contributed by atoms with Crippen molar-refractivity contribution in [2.75, 3.05) is 0 Å². The van der Waals surface area contributed by atoms with Crippen LogP contribution in [0.4, 0.5) is 0 Å². The highest BCUT2D eigenvalue weighted by Crippen LogP contribution is 1.80. The molecule has 28 valence electrons. The monoisotopic (exact) mass is 99.1 g/mol. The minimum atomic E-state index is -0.574. The normalized spacial score (nSPS) is 8.11. The van der Waals surface area contributed by atoms with Crippen LogP contribution in [0.15, 0.2) is 0 Å². The van der Waals surface area contributed by atoms with Gasteiger partial charge < -0.3 is 7.74 Å². The average molecular weight is 97.3 g/mol. The van der Waals surface area contributed by atoms with Crippen LogP contribution >= 0.6 is 0 Å². The summed E-state index contributed by atoms with van der Waals surface area (Å²) in [4.78, 5) is 0. The molecule has 0 spiro atoms. The van der Waals surface area contributed by atoms with E-state index in [1.54, 1.807) is 0 Å². The lowest BCUT2D eigenvalue weighted by molar-refractivity contribution is 3.58. The van der Waals surface area contributed by atoms with Crippen LogP contribution in [0.3, 0.4) is 0 Å². The van der Waals surface area contributed by atoms with Gasteiger partial charge in [-0.2, -0.15) is 0 Å². The summed E-state index contributed by atoms with van der Waals surface area (Å²) in [6, 6.07) is 0. The number of hydrogen-bond acceptors (Lipinski definition) is 0. The van der Waals surface area contributed by atoms with Crippen LogP contribution in [0.25, 0.3) is 0 Å². The van der Waals surface area contributed by atoms with Gasteiger partial charge in [0, 0.05) is 0 Å². The number of hydrogen-bond donors (Lipinski definition) is 0. The molecule has 0 aromatic carbocycles. The maximum Gasteiger partial charge on any atom is -0.000105 e. The molecular formula is B9-. The van der Waals surface area contributed by atoms with E-state index >= 15 is 0 Å². The van der Waals surface area contributed by atoms with E-state index in [0.29, 0.717) is 0 Å². The van der Waals surface area contributed by atoms with Crippen LogP contribution < -0.4 is 0 Å². The SMILES string of the molecule is [B]B([B])B([B][B-])B([B])[B]. The molecule has 12 radical (unpaired) electrons. The second kappa shape index (κ2) is 4.41. The Morgan fingerprint density at radius 1 is 1.00 bits per heavy atom. The molecule has 0 rings (SSSR count). The third-order valence-corrected chi connectivity index (χ3v) is 1.11. The fourth-order valence-electron chi connectivity index (χ4n) is 0.513. The molecule has 9 heavy (non-hydrogen) atoms. The zero-order chi connectivity index (χ0) is 7.44. The molecular weight excluding hydrogens is 97.3 g/mol. The third kappa shape index (κ3) is 3.32. The maximum absolute atomic E-state index is 5.25. The van der Waals surface area contributed by atoms with Crippen molar-refractivity contribution in [3.63, 3.8) is 0 Å². The van der Waals surface area contributed by atoms with E-state index < -0.39 is 12.8 Å². The van der Waals surface area contributed by atoms with E-state index in [1.807, 2.05) is 0 Å². The molecule has 0 saturated carbocycles. The van der Waals surface area contributed by atoms with E-state index in [4.69, 9.17) is 38.7 Å². The van der Waals surface area contributed by atoms with Crippen molar-refractivity contribution >= 4 is 64.9 Å². The van der Waals surface area contributed by atoms with Crippen LogP contribution in [0.2, 0.25) is 0 Å². The van der Waals surface area contributed by atoms with Crippen LogP contribution in [0.5, 0.6) is 0 Å². The standard InChI is InChI=1S/B9/c1-6-9(7(2)3)8(4)5/q-1. The summed E-state index contributed by atoms with van der Waals surface area (Å²) < 4.78 is 0. The molecule has 0 aliphatic rings. The molecule has 0 unspecified atom stereocenters. The van der Waals surface area contributed by atoms with Crippen molar-refractivity contribution in [3.05, 3.63) is 0 Å². The van der Waals surface area contributed by atoms with Gasteiger partial charge >= 0.3 is 0 Å². The Morgan fingerprint density at radius 3 is 1.33 bits per heavy atom. The predicted molar refractivity (Wildman–Crippen MR) is 51.8 cm³/mol. The van der Waals surface area contributed by atoms with Gasteiger partial charge in [-0.05, 0) is 50.1 Å². The summed E-state index contributed by atoms with van der Waals surface area (Å²) in [5, 5.41) is 0. The van der Waals surface area contributed by atoms with E-state index in [-0.39, 0.29) is 6.39 Å². The molecule has 0 atom stereocenters. The highest BCUT2D eigenvalue weighted by atomic mass is 13.0. The van der Waals surface area contributed by atoms with Gasteiger partial charge in [0.25, 0.3) is 0 Å². The van der Waals surface area contributed by atoms with Crippen molar-refractivity contribution in [1.29, 1.82) is 0 Å². The topological polar surface area (TPSA) is 0 Å². The molecule has 0 aliphatic carbocycles. The first-order chi connectivity index (χ1) is 4.09. The Balaban J connectivity index is 3.68. The van der Waals surface area contributed by atoms with Crippen molar-refractivity contribution < 1.29 is 0 Å². The first-order valence-electron chi connectivity index (χ1n) is 2.67. The molecule has 0 aromatic heterocycles. The first-order valence-corrected chi connectivity index (χ1v) is 2.67. The Kier molecular flexibility index (Phi) is 4.69. The van der Waals surface area contributed by atoms with Gasteiger partial charge in [0.2, 0.25) is 0 Å². The average Bonchev–Trinajstić information content (AvgIpc) is 1.64. The second-order valence-electron chi connectivity index (χ2n) is 1.92. The van der Waals surface area contributed by atoms with Gasteiger partial charge in [-0.1, -0.05) is 0 Å². The molecule has 0 amide bonds. The van der Waals surface area contributed by atoms with Crippen molar-refractivity contribution in [3.8, 4) is 0 Å². The largest absolute Gasteiger partial charge is 0.690 e. The van der Waals surface area contributed by atoms with Gasteiger partial charge in [-0.3, -0.25) is 7.06 Å². The molecule has 0 aromatic rings. The first kappa shape index (κ1) is 9.58. The van der Waals surface area contributed by atoms with E-state index in [0.717, 1.165) is 0 Å². The van der Waals surface area contributed by atoms with Gasteiger partial charge in [-0.25, -0.2) is 0 Å². The van der Waals surface area contributed by atoms with E-state index in [1.165, 1.54) is 7.06 Å². The van der Waals surface area contributed by atoms with E-state index in [9.17, 15) is 0 Å². The van der Waals surface area contributed by atoms with Crippen molar-refractivity contribution in [1.82, 2.24) is 0 Å². The fourth-order valence-corrected chi connectivity index (χ4v) is 0.513. The Labute approximate surface area is 65.5 Å². The Morgan fingerprint density at radius 2 is 1.33 bits per heavy atom. The van der Waals surface area contributed by atoms with E-state index in [2.05, 4.69) is 0 Å². The molecule has 0 heterocycles. The summed E-state index contributed by atoms with van der Waals surface area (Å²) in [5.74, 6) is 0. The highest BCUT2D eigenvalue weighted by Gasteiger charge is 2.13. The predicted octanol–water partition coefficient (Wildman–Crippen LogP) is -3.43. The zero-order valence-corrected chi connectivity index (χ0v) is 5.20. The van der Waals surface area contributed by atoms with Crippen LogP contribution in [-0.4, -0.2) is 64.9 Å². The fraction of sp³-hybridized carbons (Fsp3) is 0. The molecule has 0 bridgehead atoms. The summed E-state index contributed by atoms with van der Waals surface area (Å²) >= 11 is 0. The molecule has 9 heteroatoms. The summed E-state index contributed by atoms with van der Waals surface area (Å²) in [7, 11) is 27.5. The second-order valence-corrected chi connectivity index (χ2v) is 1.92. The summed E-state index contributed by atoms with van der Waals surface area (Å²) in [6.45, 7) is 0. The third-order valence-electron chi connectivity index (χ3n) is 1.11. The zero-order valence-electron chi connectivity index (χ0n) is 5.20. The lowest BCUT2D eigenvalue weighted by Gasteiger charge is -2.25. The quantitative estimate of drug-likeness (QED) is 0.322. The Hall–Kier alpha value is 0.584. The van der Waals surface area contributed by atoms with Gasteiger partial charge in [0.05, 0.1) is 0 Å². The smallest absolute Gasteiger partial charge is 0.000105 e. The molecule has 0 aliphatic heterocycles. The summed E-state index contributed by atoms with van der Waals surface area (Å²) in [5.41, 5.74) is 0. The van der Waals surface area contributed by atoms with Crippen molar-refractivity contribution in [2.45, 2.75) is 0 Å². The van der Waals surface area contributed by atoms with Gasteiger partial charge in [0.15, 0.2) is 0 Å².